The largest absolute Gasteiger partial charge is 0.477 e. The summed E-state index contributed by atoms with van der Waals surface area (Å²) < 4.78 is 12.1. The molecule has 1 aromatic heterocycles. The lowest BCUT2D eigenvalue weighted by Crippen LogP contribution is -2.62. The van der Waals surface area contributed by atoms with Gasteiger partial charge in [0.2, 0.25) is 0 Å². The van der Waals surface area contributed by atoms with E-state index >= 15 is 0 Å². The Bertz CT molecular complexity index is 1050. The Hall–Kier alpha value is -1.85. The molecule has 1 aliphatic carbocycles. The molecule has 0 atom stereocenters. The van der Waals surface area contributed by atoms with E-state index < -0.39 is 0 Å². The van der Waals surface area contributed by atoms with Crippen molar-refractivity contribution in [3.8, 4) is 5.75 Å². The van der Waals surface area contributed by atoms with Gasteiger partial charge in [0.1, 0.15) is 18.1 Å². The van der Waals surface area contributed by atoms with E-state index in [0.29, 0.717) is 12.8 Å². The van der Waals surface area contributed by atoms with E-state index in [1.165, 1.54) is 11.1 Å². The number of aryl methyl sites for hydroxylation is 2. The maximum absolute atomic E-state index is 12.6. The van der Waals surface area contributed by atoms with Crippen molar-refractivity contribution in [3.63, 3.8) is 0 Å². The normalized spacial score (nSPS) is 23.6. The summed E-state index contributed by atoms with van der Waals surface area (Å²) in [6, 6.07) is 2.72. The Morgan fingerprint density at radius 1 is 1.07 bits per heavy atom. The van der Waals surface area contributed by atoms with Crippen LogP contribution in [-0.2, 0) is 19.4 Å². The van der Waals surface area contributed by atoms with Gasteiger partial charge < -0.3 is 14.5 Å². The zero-order valence-corrected chi connectivity index (χ0v) is 19.0. The first-order valence-electron chi connectivity index (χ1n) is 11.4. The third-order valence-corrected chi connectivity index (χ3v) is 7.20. The minimum absolute atomic E-state index is 0.106. The summed E-state index contributed by atoms with van der Waals surface area (Å²) in [5, 5.41) is 4.91. The average molecular weight is 411 g/mol. The Labute approximate surface area is 178 Å². The summed E-state index contributed by atoms with van der Waals surface area (Å²) in [4.78, 5) is 15.0. The van der Waals surface area contributed by atoms with Gasteiger partial charge in [0.15, 0.2) is 0 Å². The molecule has 0 saturated carbocycles. The molecule has 0 radical (unpaired) electrons. The van der Waals surface area contributed by atoms with E-state index in [1.54, 1.807) is 0 Å². The van der Waals surface area contributed by atoms with Crippen molar-refractivity contribution in [3.05, 3.63) is 38.7 Å². The number of nitrogens with one attached hydrogen (secondary N) is 1. The van der Waals surface area contributed by atoms with Crippen LogP contribution in [0, 0.1) is 6.92 Å². The minimum Gasteiger partial charge on any atom is -0.477 e. The van der Waals surface area contributed by atoms with Crippen LogP contribution in [-0.4, -0.2) is 28.8 Å². The third kappa shape index (κ3) is 3.36. The molecule has 5 rings (SSSR count). The van der Waals surface area contributed by atoms with Crippen molar-refractivity contribution in [1.29, 1.82) is 0 Å². The van der Waals surface area contributed by atoms with Crippen molar-refractivity contribution in [2.75, 3.05) is 6.73 Å². The number of rotatable bonds is 1. The predicted octanol–water partition coefficient (Wildman–Crippen LogP) is 4.44. The van der Waals surface area contributed by atoms with Crippen molar-refractivity contribution >= 4 is 11.0 Å². The lowest BCUT2D eigenvalue weighted by Gasteiger charge is -2.50. The summed E-state index contributed by atoms with van der Waals surface area (Å²) in [6.07, 6.45) is 6.23. The molecule has 1 saturated heterocycles. The fraction of sp³-hybridized carbons (Fsp3) is 0.640. The van der Waals surface area contributed by atoms with Crippen molar-refractivity contribution in [1.82, 2.24) is 10.2 Å². The van der Waals surface area contributed by atoms with Gasteiger partial charge in [0.05, 0.1) is 0 Å². The summed E-state index contributed by atoms with van der Waals surface area (Å²) in [6.45, 7) is 12.7. The van der Waals surface area contributed by atoms with E-state index in [-0.39, 0.29) is 16.7 Å². The van der Waals surface area contributed by atoms with Gasteiger partial charge >= 0.3 is 5.63 Å². The second-order valence-electron chi connectivity index (χ2n) is 10.9. The Morgan fingerprint density at radius 2 is 1.73 bits per heavy atom. The monoisotopic (exact) mass is 410 g/mol. The predicted molar refractivity (Wildman–Crippen MR) is 119 cm³/mol. The average Bonchev–Trinajstić information content (AvgIpc) is 2.67. The van der Waals surface area contributed by atoms with Gasteiger partial charge in [-0.25, -0.2) is 4.79 Å². The highest BCUT2D eigenvalue weighted by atomic mass is 16.5. The molecule has 0 unspecified atom stereocenters. The molecular formula is C25H34N2O3. The maximum atomic E-state index is 12.6. The van der Waals surface area contributed by atoms with Crippen molar-refractivity contribution in [2.45, 2.75) is 96.8 Å². The van der Waals surface area contributed by atoms with Crippen molar-refractivity contribution in [2.24, 2.45) is 0 Å². The van der Waals surface area contributed by atoms with Crippen LogP contribution in [0.25, 0.3) is 11.0 Å². The zero-order valence-electron chi connectivity index (χ0n) is 19.0. The number of piperidine rings is 1. The zero-order chi connectivity index (χ0) is 21.3. The van der Waals surface area contributed by atoms with Gasteiger partial charge in [-0.1, -0.05) is 0 Å². The van der Waals surface area contributed by atoms with E-state index in [0.717, 1.165) is 72.9 Å². The fourth-order valence-corrected chi connectivity index (χ4v) is 6.28. The number of nitrogens with zero attached hydrogens (tertiary/aromatic N) is 1. The number of hydrogen-bond acceptors (Lipinski definition) is 5. The van der Waals surface area contributed by atoms with Crippen LogP contribution in [0.2, 0.25) is 0 Å². The van der Waals surface area contributed by atoms with E-state index in [9.17, 15) is 4.79 Å². The number of benzene rings is 1. The van der Waals surface area contributed by atoms with Crippen LogP contribution in [0.4, 0.5) is 0 Å². The van der Waals surface area contributed by atoms with Crippen LogP contribution in [0.15, 0.2) is 15.3 Å². The van der Waals surface area contributed by atoms with Gasteiger partial charge in [0, 0.05) is 45.7 Å². The Morgan fingerprint density at radius 3 is 2.43 bits per heavy atom. The molecular weight excluding hydrogens is 376 g/mol. The molecule has 5 heteroatoms. The molecule has 2 aliphatic heterocycles. The maximum Gasteiger partial charge on any atom is 0.339 e. The SMILES string of the molecule is Cc1c2c(cc3c4c(c(=O)oc13)CCCC4)CN(C1CC(C)(C)NC(C)(C)C1)CO2. The Kier molecular flexibility index (Phi) is 4.57. The van der Waals surface area contributed by atoms with Gasteiger partial charge in [-0.15, -0.1) is 0 Å². The first kappa shape index (κ1) is 20.1. The van der Waals surface area contributed by atoms with Gasteiger partial charge in [-0.2, -0.15) is 0 Å². The van der Waals surface area contributed by atoms with Crippen LogP contribution < -0.4 is 15.7 Å². The summed E-state index contributed by atoms with van der Waals surface area (Å²) >= 11 is 0. The highest BCUT2D eigenvalue weighted by Gasteiger charge is 2.41. The number of ether oxygens (including phenoxy) is 1. The molecule has 3 heterocycles. The smallest absolute Gasteiger partial charge is 0.339 e. The number of fused-ring (bicyclic) bond motifs is 4. The molecule has 0 bridgehead atoms. The van der Waals surface area contributed by atoms with Gasteiger partial charge in [-0.05, 0) is 84.8 Å². The molecule has 30 heavy (non-hydrogen) atoms. The van der Waals surface area contributed by atoms with Gasteiger partial charge in [0.25, 0.3) is 0 Å². The van der Waals surface area contributed by atoms with Crippen molar-refractivity contribution < 1.29 is 9.15 Å². The Balaban J connectivity index is 1.54. The molecule has 5 nitrogen and oxygen atoms in total. The molecule has 3 aliphatic rings. The fourth-order valence-electron chi connectivity index (χ4n) is 6.28. The number of hydrogen-bond donors (Lipinski definition) is 1. The van der Waals surface area contributed by atoms with Crippen LogP contribution in [0.3, 0.4) is 0 Å². The van der Waals surface area contributed by atoms with Crippen LogP contribution in [0.5, 0.6) is 5.75 Å². The third-order valence-electron chi connectivity index (χ3n) is 7.20. The molecule has 1 N–H and O–H groups in total. The molecule has 162 valence electrons. The van der Waals surface area contributed by atoms with Gasteiger partial charge in [-0.3, -0.25) is 4.90 Å². The lowest BCUT2D eigenvalue weighted by molar-refractivity contribution is 0.00271. The molecule has 1 aromatic carbocycles. The first-order chi connectivity index (χ1) is 14.1. The van der Waals surface area contributed by atoms with Crippen LogP contribution >= 0.6 is 0 Å². The minimum atomic E-state index is -0.156. The highest BCUT2D eigenvalue weighted by Crippen LogP contribution is 2.40. The van der Waals surface area contributed by atoms with E-state index in [1.807, 2.05) is 6.92 Å². The highest BCUT2D eigenvalue weighted by molar-refractivity contribution is 5.87. The molecule has 0 amide bonds. The summed E-state index contributed by atoms with van der Waals surface area (Å²) in [5.74, 6) is 0.908. The topological polar surface area (TPSA) is 54.7 Å². The van der Waals surface area contributed by atoms with Crippen LogP contribution in [0.1, 0.15) is 75.6 Å². The van der Waals surface area contributed by atoms with E-state index in [4.69, 9.17) is 9.15 Å². The lowest BCUT2D eigenvalue weighted by atomic mass is 9.79. The van der Waals surface area contributed by atoms with E-state index in [2.05, 4.69) is 44.0 Å². The molecule has 2 aromatic rings. The quantitative estimate of drug-likeness (QED) is 0.705. The second kappa shape index (κ2) is 6.83. The molecule has 1 fully saturated rings. The first-order valence-corrected chi connectivity index (χ1v) is 11.4. The summed E-state index contributed by atoms with van der Waals surface area (Å²) in [7, 11) is 0. The standard InChI is InChI=1S/C25H34N2O3/c1-15-21-16(10-20-18-8-6-7-9-19(18)23(28)30-22(15)20)13-27(14-29-21)17-11-24(2,3)26-25(4,5)12-17/h10,17,26H,6-9,11-14H2,1-5H3. The second-order valence-corrected chi connectivity index (χ2v) is 10.9. The summed E-state index contributed by atoms with van der Waals surface area (Å²) in [5.41, 5.74) is 5.07. The molecule has 0 spiro atoms.